The number of ether oxygens (including phenoxy) is 1. The Morgan fingerprint density at radius 1 is 1.37 bits per heavy atom. The van der Waals surface area contributed by atoms with Crippen LogP contribution in [0.2, 0.25) is 0 Å². The van der Waals surface area contributed by atoms with Gasteiger partial charge >= 0.3 is 5.97 Å². The van der Waals surface area contributed by atoms with Gasteiger partial charge in [0.25, 0.3) is 0 Å². The molecule has 0 heterocycles. The summed E-state index contributed by atoms with van der Waals surface area (Å²) in [5, 5.41) is 0. The lowest BCUT2D eigenvalue weighted by molar-refractivity contribution is -0.146. The standard InChI is InChI=1S/C14H18FNO3/c1-10(14(18)19-3)9-16(2)13(17)8-11-6-4-5-7-12(11)15/h4-7,10H,8-9H2,1-3H3. The molecule has 1 aromatic carbocycles. The summed E-state index contributed by atoms with van der Waals surface area (Å²) in [6, 6.07) is 6.15. The lowest BCUT2D eigenvalue weighted by Gasteiger charge is -2.20. The summed E-state index contributed by atoms with van der Waals surface area (Å²) in [7, 11) is 2.89. The Hall–Kier alpha value is -1.91. The Kier molecular flexibility index (Phi) is 5.48. The number of carbonyl (C=O) groups excluding carboxylic acids is 2. The molecule has 5 heteroatoms. The Morgan fingerprint density at radius 2 is 2.00 bits per heavy atom. The van der Waals surface area contributed by atoms with Crippen LogP contribution in [-0.2, 0) is 20.7 Å². The molecule has 0 aromatic heterocycles. The third-order valence-corrected chi connectivity index (χ3v) is 2.88. The van der Waals surface area contributed by atoms with Crippen molar-refractivity contribution < 1.29 is 18.7 Å². The van der Waals surface area contributed by atoms with Crippen LogP contribution in [0.1, 0.15) is 12.5 Å². The second kappa shape index (κ2) is 6.87. The Labute approximate surface area is 112 Å². The molecule has 0 fully saturated rings. The maximum absolute atomic E-state index is 13.4. The van der Waals surface area contributed by atoms with Gasteiger partial charge in [-0.05, 0) is 11.6 Å². The van der Waals surface area contributed by atoms with Crippen molar-refractivity contribution in [3.8, 4) is 0 Å². The SMILES string of the molecule is COC(=O)C(C)CN(C)C(=O)Cc1ccccc1F. The highest BCUT2D eigenvalue weighted by molar-refractivity contribution is 5.79. The van der Waals surface area contributed by atoms with E-state index in [1.165, 1.54) is 18.1 Å². The average Bonchev–Trinajstić information content (AvgIpc) is 2.40. The average molecular weight is 267 g/mol. The number of hydrogen-bond donors (Lipinski definition) is 0. The van der Waals surface area contributed by atoms with Crippen molar-refractivity contribution in [3.63, 3.8) is 0 Å². The van der Waals surface area contributed by atoms with Gasteiger partial charge in [-0.3, -0.25) is 9.59 Å². The van der Waals surface area contributed by atoms with Gasteiger partial charge in [0.1, 0.15) is 5.82 Å². The van der Waals surface area contributed by atoms with E-state index in [0.29, 0.717) is 5.56 Å². The lowest BCUT2D eigenvalue weighted by atomic mass is 10.1. The molecule has 1 aromatic rings. The van der Waals surface area contributed by atoms with Gasteiger partial charge in [-0.2, -0.15) is 0 Å². The van der Waals surface area contributed by atoms with Gasteiger partial charge in [0.05, 0.1) is 19.4 Å². The molecule has 1 atom stereocenters. The summed E-state index contributed by atoms with van der Waals surface area (Å²) >= 11 is 0. The van der Waals surface area contributed by atoms with Gasteiger partial charge in [-0.15, -0.1) is 0 Å². The van der Waals surface area contributed by atoms with Gasteiger partial charge in [0.15, 0.2) is 0 Å². The summed E-state index contributed by atoms with van der Waals surface area (Å²) in [5.41, 5.74) is 0.352. The summed E-state index contributed by atoms with van der Waals surface area (Å²) in [4.78, 5) is 24.6. The first kappa shape index (κ1) is 15.1. The van der Waals surface area contributed by atoms with Crippen LogP contribution in [0.25, 0.3) is 0 Å². The number of carbonyl (C=O) groups is 2. The number of halogens is 1. The molecule has 1 unspecified atom stereocenters. The summed E-state index contributed by atoms with van der Waals surface area (Å²) in [6.07, 6.45) is -0.0168. The first-order chi connectivity index (χ1) is 8.95. The number of benzene rings is 1. The molecule has 0 N–H and O–H groups in total. The molecule has 104 valence electrons. The highest BCUT2D eigenvalue weighted by Gasteiger charge is 2.19. The van der Waals surface area contributed by atoms with Crippen LogP contribution in [-0.4, -0.2) is 37.5 Å². The molecule has 1 rings (SSSR count). The first-order valence-electron chi connectivity index (χ1n) is 6.01. The third kappa shape index (κ3) is 4.35. The fraction of sp³-hybridized carbons (Fsp3) is 0.429. The van der Waals surface area contributed by atoms with Crippen molar-refractivity contribution in [2.45, 2.75) is 13.3 Å². The third-order valence-electron chi connectivity index (χ3n) is 2.88. The van der Waals surface area contributed by atoms with E-state index in [1.807, 2.05) is 0 Å². The van der Waals surface area contributed by atoms with Crippen molar-refractivity contribution in [1.82, 2.24) is 4.90 Å². The highest BCUT2D eigenvalue weighted by atomic mass is 19.1. The predicted molar refractivity (Wildman–Crippen MR) is 68.9 cm³/mol. The van der Waals surface area contributed by atoms with E-state index in [2.05, 4.69) is 4.74 Å². The molecule has 0 aliphatic heterocycles. The first-order valence-corrected chi connectivity index (χ1v) is 6.01. The van der Waals surface area contributed by atoms with Crippen LogP contribution >= 0.6 is 0 Å². The predicted octanol–water partition coefficient (Wildman–Crippen LogP) is 1.64. The zero-order valence-corrected chi connectivity index (χ0v) is 11.4. The number of rotatable bonds is 5. The lowest BCUT2D eigenvalue weighted by Crippen LogP contribution is -2.35. The molecule has 4 nitrogen and oxygen atoms in total. The number of nitrogens with zero attached hydrogens (tertiary/aromatic N) is 1. The second-order valence-electron chi connectivity index (χ2n) is 4.47. The number of amides is 1. The van der Waals surface area contributed by atoms with Gasteiger partial charge in [0, 0.05) is 13.6 Å². The van der Waals surface area contributed by atoms with E-state index in [9.17, 15) is 14.0 Å². The van der Waals surface area contributed by atoms with Crippen LogP contribution in [0, 0.1) is 11.7 Å². The molecule has 0 bridgehead atoms. The molecular weight excluding hydrogens is 249 g/mol. The zero-order chi connectivity index (χ0) is 14.4. The molecule has 0 radical (unpaired) electrons. The number of esters is 1. The van der Waals surface area contributed by atoms with Gasteiger partial charge in [0.2, 0.25) is 5.91 Å². The van der Waals surface area contributed by atoms with E-state index in [1.54, 1.807) is 32.2 Å². The van der Waals surface area contributed by atoms with Crippen molar-refractivity contribution in [2.24, 2.45) is 5.92 Å². The zero-order valence-electron chi connectivity index (χ0n) is 11.4. The molecular formula is C14H18FNO3. The van der Waals surface area contributed by atoms with Crippen molar-refractivity contribution in [3.05, 3.63) is 35.6 Å². The Morgan fingerprint density at radius 3 is 2.58 bits per heavy atom. The normalized spacial score (nSPS) is 11.8. The molecule has 0 spiro atoms. The maximum Gasteiger partial charge on any atom is 0.310 e. The van der Waals surface area contributed by atoms with Crippen LogP contribution in [0.15, 0.2) is 24.3 Å². The van der Waals surface area contributed by atoms with E-state index < -0.39 is 11.7 Å². The molecule has 0 saturated heterocycles. The molecule has 0 saturated carbocycles. The fourth-order valence-corrected chi connectivity index (χ4v) is 1.73. The molecule has 19 heavy (non-hydrogen) atoms. The summed E-state index contributed by atoms with van der Waals surface area (Å²) in [5.74, 6) is -1.41. The Bertz CT molecular complexity index is 462. The largest absolute Gasteiger partial charge is 0.469 e. The fourth-order valence-electron chi connectivity index (χ4n) is 1.73. The molecule has 1 amide bonds. The van der Waals surface area contributed by atoms with Crippen molar-refractivity contribution in [2.75, 3.05) is 20.7 Å². The van der Waals surface area contributed by atoms with Gasteiger partial charge in [-0.25, -0.2) is 4.39 Å². The van der Waals surface area contributed by atoms with Gasteiger partial charge < -0.3 is 9.64 Å². The number of likely N-dealkylation sites (N-methyl/N-ethyl adjacent to an activating group) is 1. The van der Waals surface area contributed by atoms with E-state index in [4.69, 9.17) is 0 Å². The van der Waals surface area contributed by atoms with E-state index in [0.717, 1.165) is 0 Å². The minimum atomic E-state index is -0.403. The van der Waals surface area contributed by atoms with Crippen molar-refractivity contribution in [1.29, 1.82) is 0 Å². The minimum Gasteiger partial charge on any atom is -0.469 e. The topological polar surface area (TPSA) is 46.6 Å². The summed E-state index contributed by atoms with van der Waals surface area (Å²) in [6.45, 7) is 1.93. The highest BCUT2D eigenvalue weighted by Crippen LogP contribution is 2.09. The van der Waals surface area contributed by atoms with E-state index >= 15 is 0 Å². The molecule has 0 aliphatic carbocycles. The van der Waals surface area contributed by atoms with Gasteiger partial charge in [-0.1, -0.05) is 25.1 Å². The van der Waals surface area contributed by atoms with Crippen LogP contribution in [0.4, 0.5) is 4.39 Å². The monoisotopic (exact) mass is 267 g/mol. The maximum atomic E-state index is 13.4. The van der Waals surface area contributed by atoms with Crippen LogP contribution < -0.4 is 0 Å². The minimum absolute atomic E-state index is 0.0168. The second-order valence-corrected chi connectivity index (χ2v) is 4.47. The number of methoxy groups -OCH3 is 1. The van der Waals surface area contributed by atoms with Crippen LogP contribution in [0.5, 0.6) is 0 Å². The Balaban J connectivity index is 2.59. The quantitative estimate of drug-likeness (QED) is 0.762. The summed E-state index contributed by atoms with van der Waals surface area (Å²) < 4.78 is 18.0. The molecule has 0 aliphatic rings. The van der Waals surface area contributed by atoms with Crippen LogP contribution in [0.3, 0.4) is 0 Å². The van der Waals surface area contributed by atoms with Crippen molar-refractivity contribution >= 4 is 11.9 Å². The smallest absolute Gasteiger partial charge is 0.310 e. The van der Waals surface area contributed by atoms with E-state index in [-0.39, 0.29) is 24.8 Å². The number of hydrogen-bond acceptors (Lipinski definition) is 3.